The zero-order valence-corrected chi connectivity index (χ0v) is 18.2. The molecule has 0 heterocycles. The molecule has 0 aromatic carbocycles. The Hall–Kier alpha value is -0.520. The third-order valence-corrected chi connectivity index (χ3v) is 7.56. The molecular weight excluding hydrogens is 300 g/mol. The van der Waals surface area contributed by atoms with E-state index in [1.54, 1.807) is 0 Å². The van der Waals surface area contributed by atoms with Gasteiger partial charge in [0.2, 0.25) is 0 Å². The minimum Gasteiger partial charge on any atom is -0.0993 e. The molecule has 146 valence electrons. The quantitative estimate of drug-likeness (QED) is 0.329. The first-order valence-electron chi connectivity index (χ1n) is 11.2. The summed E-state index contributed by atoms with van der Waals surface area (Å²) in [5.41, 5.74) is 2.98. The van der Waals surface area contributed by atoms with Crippen LogP contribution in [-0.4, -0.2) is 0 Å². The average Bonchev–Trinajstić information content (AvgIpc) is 2.65. The number of allylic oxidation sites excluding steroid dienone is 2. The highest BCUT2D eigenvalue weighted by molar-refractivity contribution is 5.07. The van der Waals surface area contributed by atoms with E-state index >= 15 is 0 Å². The van der Waals surface area contributed by atoms with Crippen LogP contribution in [0.3, 0.4) is 0 Å². The van der Waals surface area contributed by atoms with Crippen LogP contribution in [0.1, 0.15) is 99.3 Å². The lowest BCUT2D eigenvalue weighted by molar-refractivity contribution is 0.263. The molecular formula is C25H46. The maximum atomic E-state index is 4.54. The van der Waals surface area contributed by atoms with E-state index in [-0.39, 0.29) is 0 Å². The molecule has 0 heteroatoms. The molecule has 5 atom stereocenters. The molecule has 0 saturated heterocycles. The van der Waals surface area contributed by atoms with Crippen LogP contribution < -0.4 is 0 Å². The Kier molecular flexibility index (Phi) is 10.1. The highest BCUT2D eigenvalue weighted by Gasteiger charge is 2.26. The Morgan fingerprint density at radius 1 is 0.840 bits per heavy atom. The second-order valence-corrected chi connectivity index (χ2v) is 9.24. The van der Waals surface area contributed by atoms with Gasteiger partial charge in [0.15, 0.2) is 0 Å². The minimum atomic E-state index is 0.657. The van der Waals surface area contributed by atoms with Gasteiger partial charge in [-0.1, -0.05) is 98.0 Å². The van der Waals surface area contributed by atoms with Gasteiger partial charge in [0.25, 0.3) is 0 Å². The Labute approximate surface area is 159 Å². The van der Waals surface area contributed by atoms with Gasteiger partial charge in [-0.15, -0.1) is 0 Å². The van der Waals surface area contributed by atoms with Crippen molar-refractivity contribution in [3.8, 4) is 0 Å². The molecule has 0 radical (unpaired) electrons. The molecule has 1 rings (SSSR count). The van der Waals surface area contributed by atoms with Gasteiger partial charge >= 0.3 is 0 Å². The molecule has 0 bridgehead atoms. The van der Waals surface area contributed by atoms with Gasteiger partial charge in [0.1, 0.15) is 0 Å². The van der Waals surface area contributed by atoms with Crippen molar-refractivity contribution in [2.24, 2.45) is 35.5 Å². The smallest absolute Gasteiger partial charge is 0.0203 e. The summed E-state index contributed by atoms with van der Waals surface area (Å²) in [6, 6.07) is 0. The van der Waals surface area contributed by atoms with Gasteiger partial charge in [-0.25, -0.2) is 0 Å². The normalized spacial score (nSPS) is 22.0. The molecule has 1 aliphatic carbocycles. The van der Waals surface area contributed by atoms with Crippen LogP contribution >= 0.6 is 0 Å². The molecule has 1 fully saturated rings. The Bertz CT molecular complexity index is 398. The number of hydrogen-bond acceptors (Lipinski definition) is 0. The summed E-state index contributed by atoms with van der Waals surface area (Å²) in [5.74, 6) is 4.36. The fourth-order valence-corrected chi connectivity index (χ4v) is 4.65. The highest BCUT2D eigenvalue weighted by atomic mass is 14.3. The van der Waals surface area contributed by atoms with Crippen LogP contribution in [0.5, 0.6) is 0 Å². The first kappa shape index (κ1) is 22.5. The fourth-order valence-electron chi connectivity index (χ4n) is 4.65. The molecule has 0 amide bonds. The predicted molar refractivity (Wildman–Crippen MR) is 115 cm³/mol. The summed E-state index contributed by atoms with van der Waals surface area (Å²) >= 11 is 0. The Morgan fingerprint density at radius 2 is 1.44 bits per heavy atom. The van der Waals surface area contributed by atoms with Crippen molar-refractivity contribution in [2.75, 3.05) is 0 Å². The maximum absolute atomic E-state index is 4.54. The summed E-state index contributed by atoms with van der Waals surface area (Å²) in [6.07, 6.45) is 12.3. The van der Waals surface area contributed by atoms with Gasteiger partial charge in [0, 0.05) is 0 Å². The van der Waals surface area contributed by atoms with Gasteiger partial charge in [-0.05, 0) is 61.2 Å². The average molecular weight is 347 g/mol. The fraction of sp³-hybridized carbons (Fsp3) is 0.840. The van der Waals surface area contributed by atoms with Gasteiger partial charge in [-0.3, -0.25) is 0 Å². The topological polar surface area (TPSA) is 0 Å². The molecule has 1 saturated carbocycles. The van der Waals surface area contributed by atoms with Crippen molar-refractivity contribution in [1.29, 1.82) is 0 Å². The summed E-state index contributed by atoms with van der Waals surface area (Å²) in [7, 11) is 0. The summed E-state index contributed by atoms with van der Waals surface area (Å²) < 4.78 is 0. The SMILES string of the molecule is C=C(C(C)CC)C(C)CCCC(C)C(C)C(=C)C(C)C1CCCCC1. The van der Waals surface area contributed by atoms with E-state index in [4.69, 9.17) is 0 Å². The lowest BCUT2D eigenvalue weighted by atomic mass is 9.72. The van der Waals surface area contributed by atoms with Gasteiger partial charge in [0.05, 0.1) is 0 Å². The van der Waals surface area contributed by atoms with Crippen molar-refractivity contribution in [3.63, 3.8) is 0 Å². The van der Waals surface area contributed by atoms with Crippen LogP contribution in [-0.2, 0) is 0 Å². The highest BCUT2D eigenvalue weighted by Crippen LogP contribution is 2.38. The minimum absolute atomic E-state index is 0.657. The largest absolute Gasteiger partial charge is 0.0993 e. The molecule has 0 spiro atoms. The third kappa shape index (κ3) is 6.95. The summed E-state index contributed by atoms with van der Waals surface area (Å²) in [6.45, 7) is 23.2. The molecule has 0 nitrogen and oxygen atoms in total. The summed E-state index contributed by atoms with van der Waals surface area (Å²) in [5, 5.41) is 0. The zero-order valence-electron chi connectivity index (χ0n) is 18.2. The third-order valence-electron chi connectivity index (χ3n) is 7.56. The molecule has 0 aromatic heterocycles. The second kappa shape index (κ2) is 11.2. The Balaban J connectivity index is 2.38. The van der Waals surface area contributed by atoms with Crippen LogP contribution in [0.2, 0.25) is 0 Å². The molecule has 25 heavy (non-hydrogen) atoms. The molecule has 1 aliphatic rings. The van der Waals surface area contributed by atoms with E-state index in [9.17, 15) is 0 Å². The molecule has 0 N–H and O–H groups in total. The lowest BCUT2D eigenvalue weighted by Crippen LogP contribution is -2.22. The predicted octanol–water partition coefficient (Wildman–Crippen LogP) is 8.44. The van der Waals surface area contributed by atoms with Crippen molar-refractivity contribution in [1.82, 2.24) is 0 Å². The van der Waals surface area contributed by atoms with Gasteiger partial charge < -0.3 is 0 Å². The summed E-state index contributed by atoms with van der Waals surface area (Å²) in [4.78, 5) is 0. The molecule has 5 unspecified atom stereocenters. The number of hydrogen-bond donors (Lipinski definition) is 0. The van der Waals surface area contributed by atoms with E-state index in [0.717, 1.165) is 11.8 Å². The van der Waals surface area contributed by atoms with Crippen LogP contribution in [0.4, 0.5) is 0 Å². The van der Waals surface area contributed by atoms with Crippen molar-refractivity contribution in [2.45, 2.75) is 99.3 Å². The van der Waals surface area contributed by atoms with Crippen molar-refractivity contribution in [3.05, 3.63) is 24.3 Å². The maximum Gasteiger partial charge on any atom is -0.0203 e. The lowest BCUT2D eigenvalue weighted by Gasteiger charge is -2.33. The van der Waals surface area contributed by atoms with E-state index in [1.165, 1.54) is 68.9 Å². The van der Waals surface area contributed by atoms with Crippen molar-refractivity contribution < 1.29 is 0 Å². The first-order valence-corrected chi connectivity index (χ1v) is 11.2. The zero-order chi connectivity index (χ0) is 19.0. The van der Waals surface area contributed by atoms with E-state index in [0.29, 0.717) is 23.7 Å². The first-order chi connectivity index (χ1) is 11.8. The molecule has 0 aromatic rings. The second-order valence-electron chi connectivity index (χ2n) is 9.24. The van der Waals surface area contributed by atoms with Crippen LogP contribution in [0.15, 0.2) is 24.3 Å². The standard InChI is InChI=1S/C25H46/c1-9-18(2)21(5)19(3)14-13-15-20(4)22(6)23(7)24(8)25-16-11-10-12-17-25/h18-20,22,24-25H,5,7,9-17H2,1-4,6,8H3. The van der Waals surface area contributed by atoms with Crippen LogP contribution in [0, 0.1) is 35.5 Å². The van der Waals surface area contributed by atoms with Crippen molar-refractivity contribution >= 4 is 0 Å². The number of rotatable bonds is 11. The van der Waals surface area contributed by atoms with E-state index < -0.39 is 0 Å². The van der Waals surface area contributed by atoms with Gasteiger partial charge in [-0.2, -0.15) is 0 Å². The molecule has 0 aliphatic heterocycles. The van der Waals surface area contributed by atoms with E-state index in [1.807, 2.05) is 0 Å². The van der Waals surface area contributed by atoms with E-state index in [2.05, 4.69) is 54.7 Å². The van der Waals surface area contributed by atoms with Crippen LogP contribution in [0.25, 0.3) is 0 Å². The monoisotopic (exact) mass is 346 g/mol. The Morgan fingerprint density at radius 3 is 2.00 bits per heavy atom.